The number of halogens is 2. The van der Waals surface area contributed by atoms with Crippen LogP contribution in [0.2, 0.25) is 0 Å². The Hall–Kier alpha value is 1.02. The summed E-state index contributed by atoms with van der Waals surface area (Å²) in [5, 5.41) is 0. The lowest BCUT2D eigenvalue weighted by molar-refractivity contribution is 0.349. The third kappa shape index (κ3) is 3.26. The molecule has 74 valence electrons. The number of nitrogens with zero attached hydrogens (tertiary/aromatic N) is 2. The molecule has 1 heterocycles. The molecule has 1 aromatic heterocycles. The fourth-order valence-electron chi connectivity index (χ4n) is 0.964. The molecule has 0 aliphatic carbocycles. The second-order valence-electron chi connectivity index (χ2n) is 3.78. The smallest absolute Gasteiger partial charge is 0.132 e. The number of hydrogen-bond donors (Lipinski definition) is 1. The van der Waals surface area contributed by atoms with Gasteiger partial charge in [-0.2, -0.15) is 12.6 Å². The molecule has 5 heteroatoms. The maximum atomic E-state index is 4.33. The van der Waals surface area contributed by atoms with E-state index >= 15 is 0 Å². The molecule has 0 unspecified atom stereocenters. The monoisotopic (exact) mass is 422 g/mol. The van der Waals surface area contributed by atoms with Crippen LogP contribution in [0.25, 0.3) is 0 Å². The molecule has 0 aromatic carbocycles. The minimum Gasteiger partial charge on any atom is -0.325 e. The van der Waals surface area contributed by atoms with Gasteiger partial charge in [0.1, 0.15) is 7.40 Å². The van der Waals surface area contributed by atoms with Crippen molar-refractivity contribution in [1.82, 2.24) is 9.55 Å². The van der Waals surface area contributed by atoms with E-state index in [1.54, 1.807) is 0 Å². The standard InChI is InChI=1S/C8H12I2N2S/c1-8(2,4-13)3-12-5-11-6(9)7(12)10/h5,13H,3-4H2,1-2H3. The van der Waals surface area contributed by atoms with Crippen molar-refractivity contribution < 1.29 is 0 Å². The fraction of sp³-hybridized carbons (Fsp3) is 0.625. The molecule has 1 rings (SSSR count). The Morgan fingerprint density at radius 3 is 2.54 bits per heavy atom. The van der Waals surface area contributed by atoms with Crippen LogP contribution in [0.1, 0.15) is 13.8 Å². The second-order valence-corrected chi connectivity index (χ2v) is 6.14. The summed E-state index contributed by atoms with van der Waals surface area (Å²) in [5.74, 6) is 0.887. The molecule has 0 atom stereocenters. The van der Waals surface area contributed by atoms with Gasteiger partial charge >= 0.3 is 0 Å². The van der Waals surface area contributed by atoms with Gasteiger partial charge in [0.05, 0.1) is 6.33 Å². The normalized spacial score (nSPS) is 12.1. The van der Waals surface area contributed by atoms with Crippen LogP contribution < -0.4 is 0 Å². The van der Waals surface area contributed by atoms with E-state index in [0.29, 0.717) is 0 Å². The van der Waals surface area contributed by atoms with Crippen LogP contribution in [0.4, 0.5) is 0 Å². The van der Waals surface area contributed by atoms with Crippen molar-refractivity contribution in [2.45, 2.75) is 20.4 Å². The first-order chi connectivity index (χ1) is 5.96. The average Bonchev–Trinajstić information content (AvgIpc) is 2.36. The summed E-state index contributed by atoms with van der Waals surface area (Å²) in [6.07, 6.45) is 1.90. The van der Waals surface area contributed by atoms with Gasteiger partial charge in [0.25, 0.3) is 0 Å². The summed E-state index contributed by atoms with van der Waals surface area (Å²) >= 11 is 8.91. The van der Waals surface area contributed by atoms with E-state index in [4.69, 9.17) is 0 Å². The molecule has 0 amide bonds. The molecular formula is C8H12I2N2S. The lowest BCUT2D eigenvalue weighted by Gasteiger charge is -2.22. The molecule has 0 N–H and O–H groups in total. The van der Waals surface area contributed by atoms with Crippen LogP contribution in [0, 0.1) is 12.8 Å². The molecular weight excluding hydrogens is 410 g/mol. The number of hydrogen-bond acceptors (Lipinski definition) is 2. The predicted octanol–water partition coefficient (Wildman–Crippen LogP) is 3.05. The minimum absolute atomic E-state index is 0.229. The maximum absolute atomic E-state index is 4.33. The van der Waals surface area contributed by atoms with Crippen LogP contribution in [-0.2, 0) is 6.54 Å². The van der Waals surface area contributed by atoms with Gasteiger partial charge < -0.3 is 4.57 Å². The number of rotatable bonds is 3. The molecule has 0 bridgehead atoms. The Labute approximate surface area is 112 Å². The van der Waals surface area contributed by atoms with E-state index in [1.165, 1.54) is 3.70 Å². The molecule has 0 saturated carbocycles. The summed E-state index contributed by atoms with van der Waals surface area (Å²) < 4.78 is 4.47. The highest BCUT2D eigenvalue weighted by Gasteiger charge is 2.18. The molecule has 13 heavy (non-hydrogen) atoms. The quantitative estimate of drug-likeness (QED) is 0.586. The first kappa shape index (κ1) is 12.1. The van der Waals surface area contributed by atoms with E-state index in [2.05, 4.69) is 81.2 Å². The van der Waals surface area contributed by atoms with Gasteiger partial charge in [-0.25, -0.2) is 4.98 Å². The minimum atomic E-state index is 0.229. The molecule has 0 spiro atoms. The Kier molecular flexibility index (Phi) is 4.37. The van der Waals surface area contributed by atoms with E-state index in [9.17, 15) is 0 Å². The van der Waals surface area contributed by atoms with Crippen molar-refractivity contribution in [3.8, 4) is 0 Å². The third-order valence-corrected chi connectivity index (χ3v) is 5.57. The highest BCUT2D eigenvalue weighted by atomic mass is 127. The number of thiol groups is 1. The zero-order chi connectivity index (χ0) is 10.1. The van der Waals surface area contributed by atoms with E-state index in [-0.39, 0.29) is 5.41 Å². The lowest BCUT2D eigenvalue weighted by Crippen LogP contribution is -2.21. The van der Waals surface area contributed by atoms with Crippen LogP contribution in [0.15, 0.2) is 6.33 Å². The van der Waals surface area contributed by atoms with E-state index < -0.39 is 0 Å². The number of imidazole rings is 1. The zero-order valence-electron chi connectivity index (χ0n) is 7.59. The fourth-order valence-corrected chi connectivity index (χ4v) is 1.93. The van der Waals surface area contributed by atoms with Gasteiger partial charge in [0, 0.05) is 6.54 Å². The topological polar surface area (TPSA) is 17.8 Å². The lowest BCUT2D eigenvalue weighted by atomic mass is 9.96. The van der Waals surface area contributed by atoms with Crippen LogP contribution >= 0.6 is 57.8 Å². The summed E-state index contributed by atoms with van der Waals surface area (Å²) in [5.41, 5.74) is 0.229. The van der Waals surface area contributed by atoms with Gasteiger partial charge in [-0.3, -0.25) is 0 Å². The van der Waals surface area contributed by atoms with E-state index in [1.807, 2.05) is 6.33 Å². The Balaban J connectivity index is 2.80. The molecule has 0 aliphatic heterocycles. The highest BCUT2D eigenvalue weighted by Crippen LogP contribution is 2.22. The van der Waals surface area contributed by atoms with Crippen LogP contribution in [0.5, 0.6) is 0 Å². The van der Waals surface area contributed by atoms with Crippen molar-refractivity contribution >= 4 is 57.8 Å². The largest absolute Gasteiger partial charge is 0.325 e. The number of aromatic nitrogens is 2. The van der Waals surface area contributed by atoms with Gasteiger partial charge in [-0.1, -0.05) is 13.8 Å². The summed E-state index contributed by atoms with van der Waals surface area (Å²) in [6, 6.07) is 0. The first-order valence-electron chi connectivity index (χ1n) is 3.93. The van der Waals surface area contributed by atoms with E-state index in [0.717, 1.165) is 16.0 Å². The first-order valence-corrected chi connectivity index (χ1v) is 6.72. The molecule has 0 fully saturated rings. The average molecular weight is 422 g/mol. The van der Waals surface area contributed by atoms with Crippen LogP contribution in [0.3, 0.4) is 0 Å². The highest BCUT2D eigenvalue weighted by molar-refractivity contribution is 14.1. The van der Waals surface area contributed by atoms with Gasteiger partial charge in [-0.15, -0.1) is 0 Å². The molecule has 0 aliphatic rings. The SMILES string of the molecule is CC(C)(CS)Cn1cnc(I)c1I. The summed E-state index contributed by atoms with van der Waals surface area (Å²) in [7, 11) is 0. The molecule has 1 aromatic rings. The van der Waals surface area contributed by atoms with Crippen molar-refractivity contribution in [3.63, 3.8) is 0 Å². The Bertz CT molecular complexity index is 296. The van der Waals surface area contributed by atoms with Gasteiger partial charge in [0.2, 0.25) is 0 Å². The molecule has 2 nitrogen and oxygen atoms in total. The van der Waals surface area contributed by atoms with Crippen LogP contribution in [-0.4, -0.2) is 15.3 Å². The predicted molar refractivity (Wildman–Crippen MR) is 75.3 cm³/mol. The van der Waals surface area contributed by atoms with Crippen molar-refractivity contribution in [3.05, 3.63) is 13.7 Å². The van der Waals surface area contributed by atoms with Gasteiger partial charge in [0.15, 0.2) is 0 Å². The Morgan fingerprint density at radius 1 is 1.54 bits per heavy atom. The summed E-state index contributed by atoms with van der Waals surface area (Å²) in [6.45, 7) is 5.40. The second kappa shape index (κ2) is 4.69. The summed E-state index contributed by atoms with van der Waals surface area (Å²) in [4.78, 5) is 4.25. The van der Waals surface area contributed by atoms with Crippen molar-refractivity contribution in [1.29, 1.82) is 0 Å². The van der Waals surface area contributed by atoms with Gasteiger partial charge in [-0.05, 0) is 56.3 Å². The molecule has 0 saturated heterocycles. The Morgan fingerprint density at radius 2 is 2.15 bits per heavy atom. The van der Waals surface area contributed by atoms with Crippen molar-refractivity contribution in [2.24, 2.45) is 5.41 Å². The molecule has 0 radical (unpaired) electrons. The zero-order valence-corrected chi connectivity index (χ0v) is 12.8. The van der Waals surface area contributed by atoms with Crippen molar-refractivity contribution in [2.75, 3.05) is 5.75 Å². The maximum Gasteiger partial charge on any atom is 0.132 e. The third-order valence-electron chi connectivity index (χ3n) is 1.76.